The fourth-order valence-electron chi connectivity index (χ4n) is 1.23. The largest absolute Gasteiger partial charge is 0.449 e. The molecule has 0 unspecified atom stereocenters. The van der Waals surface area contributed by atoms with Crippen molar-refractivity contribution in [2.45, 2.75) is 6.92 Å². The molecule has 0 aliphatic carbocycles. The van der Waals surface area contributed by atoms with Gasteiger partial charge in [-0.15, -0.1) is 0 Å². The highest BCUT2D eigenvalue weighted by Gasteiger charge is 2.04. The Kier molecular flexibility index (Phi) is 1.96. The summed E-state index contributed by atoms with van der Waals surface area (Å²) in [5.74, 6) is 0.0687. The van der Waals surface area contributed by atoms with Gasteiger partial charge in [-0.3, -0.25) is 4.79 Å². The van der Waals surface area contributed by atoms with Crippen molar-refractivity contribution in [2.75, 3.05) is 0 Å². The summed E-state index contributed by atoms with van der Waals surface area (Å²) >= 11 is 3.23. The molecule has 1 aromatic carbocycles. The molecule has 0 amide bonds. The summed E-state index contributed by atoms with van der Waals surface area (Å²) in [6.07, 6.45) is 0. The SMILES string of the molecule is CC(=O)c1ccc2oc(Br)cc2c1. The third kappa shape index (κ3) is 1.52. The van der Waals surface area contributed by atoms with Crippen LogP contribution in [0.15, 0.2) is 33.4 Å². The van der Waals surface area contributed by atoms with Crippen molar-refractivity contribution >= 4 is 32.7 Å². The summed E-state index contributed by atoms with van der Waals surface area (Å²) in [7, 11) is 0. The molecule has 1 heterocycles. The van der Waals surface area contributed by atoms with Crippen molar-refractivity contribution < 1.29 is 9.21 Å². The molecule has 3 heteroatoms. The number of carbonyl (C=O) groups is 1. The molecule has 1 aromatic heterocycles. The maximum absolute atomic E-state index is 11.1. The molecule has 0 aliphatic rings. The molecule has 0 bridgehead atoms. The highest BCUT2D eigenvalue weighted by atomic mass is 79.9. The Bertz CT molecular complexity index is 471. The maximum Gasteiger partial charge on any atom is 0.170 e. The molecule has 0 saturated carbocycles. The lowest BCUT2D eigenvalue weighted by molar-refractivity contribution is 0.101. The van der Waals surface area contributed by atoms with E-state index in [4.69, 9.17) is 4.42 Å². The molecule has 2 aromatic rings. The van der Waals surface area contributed by atoms with Crippen molar-refractivity contribution in [3.05, 3.63) is 34.5 Å². The highest BCUT2D eigenvalue weighted by Crippen LogP contribution is 2.24. The molecule has 0 aliphatic heterocycles. The average molecular weight is 239 g/mol. The lowest BCUT2D eigenvalue weighted by Gasteiger charge is -1.93. The van der Waals surface area contributed by atoms with E-state index >= 15 is 0 Å². The van der Waals surface area contributed by atoms with Crippen LogP contribution in [0.1, 0.15) is 17.3 Å². The number of Topliss-reactive ketones (excluding diaryl/α,β-unsaturated/α-hetero) is 1. The summed E-state index contributed by atoms with van der Waals surface area (Å²) in [6.45, 7) is 1.55. The molecule has 2 nitrogen and oxygen atoms in total. The minimum Gasteiger partial charge on any atom is -0.449 e. The van der Waals surface area contributed by atoms with Crippen LogP contribution in [-0.4, -0.2) is 5.78 Å². The standard InChI is InChI=1S/C10H7BrO2/c1-6(12)7-2-3-9-8(4-7)5-10(11)13-9/h2-5H,1H3. The number of fused-ring (bicyclic) bond motifs is 1. The molecule has 0 N–H and O–H groups in total. The predicted molar refractivity (Wildman–Crippen MR) is 53.9 cm³/mol. The molecule has 0 atom stereocenters. The Balaban J connectivity index is 2.67. The molecule has 0 fully saturated rings. The third-order valence-electron chi connectivity index (χ3n) is 1.89. The van der Waals surface area contributed by atoms with Crippen LogP contribution in [0, 0.1) is 0 Å². The molecular weight excluding hydrogens is 232 g/mol. The lowest BCUT2D eigenvalue weighted by atomic mass is 10.1. The van der Waals surface area contributed by atoms with E-state index in [1.165, 1.54) is 0 Å². The van der Waals surface area contributed by atoms with Crippen molar-refractivity contribution in [1.29, 1.82) is 0 Å². The van der Waals surface area contributed by atoms with Crippen LogP contribution >= 0.6 is 15.9 Å². The summed E-state index contributed by atoms with van der Waals surface area (Å²) in [5, 5.41) is 0.944. The second-order valence-electron chi connectivity index (χ2n) is 2.86. The first-order valence-electron chi connectivity index (χ1n) is 3.87. The van der Waals surface area contributed by atoms with Gasteiger partial charge in [0.2, 0.25) is 0 Å². The molecular formula is C10H7BrO2. The second-order valence-corrected chi connectivity index (χ2v) is 3.64. The monoisotopic (exact) mass is 238 g/mol. The fourth-order valence-corrected chi connectivity index (χ4v) is 1.65. The van der Waals surface area contributed by atoms with Gasteiger partial charge in [-0.05, 0) is 47.1 Å². The number of hydrogen-bond acceptors (Lipinski definition) is 2. The number of halogens is 1. The quantitative estimate of drug-likeness (QED) is 0.714. The molecule has 0 spiro atoms. The number of benzene rings is 1. The Morgan fingerprint density at radius 3 is 2.85 bits per heavy atom. The van der Waals surface area contributed by atoms with Gasteiger partial charge in [0.15, 0.2) is 10.5 Å². The van der Waals surface area contributed by atoms with Crippen LogP contribution in [0.2, 0.25) is 0 Å². The molecule has 2 rings (SSSR count). The van der Waals surface area contributed by atoms with Gasteiger partial charge in [0.1, 0.15) is 5.58 Å². The van der Waals surface area contributed by atoms with Crippen LogP contribution in [0.3, 0.4) is 0 Å². The van der Waals surface area contributed by atoms with Crippen LogP contribution < -0.4 is 0 Å². The van der Waals surface area contributed by atoms with Crippen LogP contribution in [0.25, 0.3) is 11.0 Å². The number of ketones is 1. The fraction of sp³-hybridized carbons (Fsp3) is 0.100. The summed E-state index contributed by atoms with van der Waals surface area (Å²) in [5.41, 5.74) is 1.50. The van der Waals surface area contributed by atoms with E-state index in [0.717, 1.165) is 11.0 Å². The summed E-state index contributed by atoms with van der Waals surface area (Å²) in [6, 6.07) is 7.24. The molecule has 0 radical (unpaired) electrons. The molecule has 66 valence electrons. The minimum absolute atomic E-state index is 0.0687. The van der Waals surface area contributed by atoms with Gasteiger partial charge < -0.3 is 4.42 Å². The van der Waals surface area contributed by atoms with Gasteiger partial charge in [0.05, 0.1) is 0 Å². The predicted octanol–water partition coefficient (Wildman–Crippen LogP) is 3.40. The zero-order valence-electron chi connectivity index (χ0n) is 7.00. The number of furan rings is 1. The van der Waals surface area contributed by atoms with E-state index in [-0.39, 0.29) is 5.78 Å². The van der Waals surface area contributed by atoms with Gasteiger partial charge in [0, 0.05) is 10.9 Å². The number of rotatable bonds is 1. The van der Waals surface area contributed by atoms with Crippen molar-refractivity contribution in [3.63, 3.8) is 0 Å². The van der Waals surface area contributed by atoms with Gasteiger partial charge in [-0.1, -0.05) is 0 Å². The average Bonchev–Trinajstić information content (AvgIpc) is 2.42. The Morgan fingerprint density at radius 2 is 2.15 bits per heavy atom. The first kappa shape index (κ1) is 8.51. The van der Waals surface area contributed by atoms with Crippen LogP contribution in [-0.2, 0) is 0 Å². The first-order chi connectivity index (χ1) is 6.16. The van der Waals surface area contributed by atoms with Gasteiger partial charge in [-0.2, -0.15) is 0 Å². The third-order valence-corrected chi connectivity index (χ3v) is 2.28. The van der Waals surface area contributed by atoms with E-state index in [2.05, 4.69) is 15.9 Å². The summed E-state index contributed by atoms with van der Waals surface area (Å²) < 4.78 is 5.99. The number of carbonyl (C=O) groups excluding carboxylic acids is 1. The first-order valence-corrected chi connectivity index (χ1v) is 4.66. The van der Waals surface area contributed by atoms with Crippen LogP contribution in [0.5, 0.6) is 0 Å². The Hall–Kier alpha value is -1.09. The minimum atomic E-state index is 0.0687. The smallest absolute Gasteiger partial charge is 0.170 e. The number of hydrogen-bond donors (Lipinski definition) is 0. The topological polar surface area (TPSA) is 30.2 Å². The van der Waals surface area contributed by atoms with Gasteiger partial charge >= 0.3 is 0 Å². The van der Waals surface area contributed by atoms with Gasteiger partial charge in [-0.25, -0.2) is 0 Å². The van der Waals surface area contributed by atoms with Crippen molar-refractivity contribution in [1.82, 2.24) is 0 Å². The van der Waals surface area contributed by atoms with Crippen LogP contribution in [0.4, 0.5) is 0 Å². The molecule has 0 saturated heterocycles. The van der Waals surface area contributed by atoms with Crippen molar-refractivity contribution in [3.8, 4) is 0 Å². The Morgan fingerprint density at radius 1 is 1.38 bits per heavy atom. The van der Waals surface area contributed by atoms with E-state index in [1.54, 1.807) is 19.1 Å². The van der Waals surface area contributed by atoms with Crippen molar-refractivity contribution in [2.24, 2.45) is 0 Å². The zero-order valence-corrected chi connectivity index (χ0v) is 8.59. The second kappa shape index (κ2) is 3.00. The summed E-state index contributed by atoms with van der Waals surface area (Å²) in [4.78, 5) is 11.1. The maximum atomic E-state index is 11.1. The van der Waals surface area contributed by atoms with E-state index in [0.29, 0.717) is 10.2 Å². The van der Waals surface area contributed by atoms with Gasteiger partial charge in [0.25, 0.3) is 0 Å². The zero-order chi connectivity index (χ0) is 9.42. The highest BCUT2D eigenvalue weighted by molar-refractivity contribution is 9.10. The molecule has 13 heavy (non-hydrogen) atoms. The van der Waals surface area contributed by atoms with E-state index in [9.17, 15) is 4.79 Å². The normalized spacial score (nSPS) is 10.6. The van der Waals surface area contributed by atoms with E-state index in [1.807, 2.05) is 12.1 Å². The van der Waals surface area contributed by atoms with E-state index < -0.39 is 0 Å². The Labute approximate surface area is 83.7 Å². The lowest BCUT2D eigenvalue weighted by Crippen LogP contribution is -1.89.